The van der Waals surface area contributed by atoms with E-state index in [4.69, 9.17) is 4.74 Å². The molecular formula is C23H29N3O3. The van der Waals surface area contributed by atoms with Gasteiger partial charge in [-0.15, -0.1) is 0 Å². The highest BCUT2D eigenvalue weighted by Crippen LogP contribution is 2.26. The van der Waals surface area contributed by atoms with Crippen molar-refractivity contribution in [1.82, 2.24) is 5.32 Å². The van der Waals surface area contributed by atoms with E-state index in [1.165, 1.54) is 24.1 Å². The van der Waals surface area contributed by atoms with Crippen LogP contribution in [0, 0.1) is 6.92 Å². The highest BCUT2D eigenvalue weighted by molar-refractivity contribution is 5.91. The molecule has 0 bridgehead atoms. The number of carbonyl (C=O) groups excluding carboxylic acids is 2. The number of nitrogens with zero attached hydrogens (tertiary/aromatic N) is 1. The van der Waals surface area contributed by atoms with E-state index in [1.54, 1.807) is 0 Å². The van der Waals surface area contributed by atoms with Crippen molar-refractivity contribution in [3.63, 3.8) is 0 Å². The molecule has 6 heteroatoms. The molecule has 2 aromatic rings. The smallest absolute Gasteiger partial charge is 0.407 e. The number of anilines is 2. The summed E-state index contributed by atoms with van der Waals surface area (Å²) in [7, 11) is 0. The Balaban J connectivity index is 1.33. The van der Waals surface area contributed by atoms with Gasteiger partial charge in [-0.05, 0) is 55.5 Å². The van der Waals surface area contributed by atoms with E-state index in [-0.39, 0.29) is 12.5 Å². The second kappa shape index (κ2) is 10.5. The van der Waals surface area contributed by atoms with Crippen molar-refractivity contribution < 1.29 is 14.3 Å². The summed E-state index contributed by atoms with van der Waals surface area (Å²) in [5.74, 6) is -0.0576. The topological polar surface area (TPSA) is 70.7 Å². The molecule has 1 aliphatic heterocycles. The summed E-state index contributed by atoms with van der Waals surface area (Å²) in [6.07, 6.45) is 2.91. The van der Waals surface area contributed by atoms with Crippen molar-refractivity contribution in [1.29, 1.82) is 0 Å². The van der Waals surface area contributed by atoms with Gasteiger partial charge in [-0.2, -0.15) is 0 Å². The minimum absolute atomic E-state index is 0.0576. The van der Waals surface area contributed by atoms with Gasteiger partial charge in [-0.1, -0.05) is 30.3 Å². The van der Waals surface area contributed by atoms with Crippen LogP contribution in [0.1, 0.15) is 36.8 Å². The van der Waals surface area contributed by atoms with Crippen molar-refractivity contribution in [2.75, 3.05) is 29.9 Å². The van der Waals surface area contributed by atoms with Crippen LogP contribution in [-0.2, 0) is 16.1 Å². The number of rotatable bonds is 8. The van der Waals surface area contributed by atoms with E-state index in [0.29, 0.717) is 19.4 Å². The molecule has 0 saturated carbocycles. The first-order valence-electron chi connectivity index (χ1n) is 10.2. The number of hydrogen-bond acceptors (Lipinski definition) is 4. The quantitative estimate of drug-likeness (QED) is 0.656. The van der Waals surface area contributed by atoms with E-state index < -0.39 is 6.09 Å². The van der Waals surface area contributed by atoms with Crippen LogP contribution in [0.15, 0.2) is 48.5 Å². The third-order valence-electron chi connectivity index (χ3n) is 4.99. The molecule has 2 amide bonds. The number of nitrogens with one attached hydrogen (secondary N) is 2. The van der Waals surface area contributed by atoms with Crippen LogP contribution in [-0.4, -0.2) is 31.6 Å². The second-order valence-corrected chi connectivity index (χ2v) is 7.34. The normalized spacial score (nSPS) is 13.2. The van der Waals surface area contributed by atoms with E-state index in [1.807, 2.05) is 42.5 Å². The largest absolute Gasteiger partial charge is 0.445 e. The maximum absolute atomic E-state index is 12.2. The number of benzene rings is 2. The number of ether oxygens (including phenoxy) is 1. The van der Waals surface area contributed by atoms with Crippen molar-refractivity contribution in [2.45, 2.75) is 39.2 Å². The Morgan fingerprint density at radius 2 is 1.83 bits per heavy atom. The molecule has 0 radical (unpaired) electrons. The van der Waals surface area contributed by atoms with Crippen LogP contribution in [0.2, 0.25) is 0 Å². The van der Waals surface area contributed by atoms with E-state index >= 15 is 0 Å². The molecule has 0 unspecified atom stereocenters. The van der Waals surface area contributed by atoms with Crippen molar-refractivity contribution >= 4 is 23.4 Å². The van der Waals surface area contributed by atoms with Gasteiger partial charge in [0.15, 0.2) is 0 Å². The summed E-state index contributed by atoms with van der Waals surface area (Å²) < 4.78 is 5.14. The van der Waals surface area contributed by atoms with Crippen molar-refractivity contribution in [3.8, 4) is 0 Å². The first kappa shape index (κ1) is 20.7. The standard InChI is InChI=1S/C23H29N3O3/c1-18-16-20(11-12-21(18)26-14-5-6-15-26)25-22(27)10-7-13-24-23(28)29-17-19-8-3-2-4-9-19/h2-4,8-9,11-12,16H,5-7,10,13-15,17H2,1H3,(H,24,28)(H,25,27). The minimum atomic E-state index is -0.470. The maximum atomic E-state index is 12.2. The average Bonchev–Trinajstić information content (AvgIpc) is 3.25. The second-order valence-electron chi connectivity index (χ2n) is 7.34. The lowest BCUT2D eigenvalue weighted by Crippen LogP contribution is -2.26. The molecule has 154 valence electrons. The van der Waals surface area contributed by atoms with Gasteiger partial charge in [0, 0.05) is 37.4 Å². The van der Waals surface area contributed by atoms with Gasteiger partial charge in [0.05, 0.1) is 0 Å². The molecule has 3 rings (SSSR count). The zero-order valence-electron chi connectivity index (χ0n) is 16.9. The zero-order chi connectivity index (χ0) is 20.5. The Kier molecular flexibility index (Phi) is 7.50. The third-order valence-corrected chi connectivity index (χ3v) is 4.99. The molecular weight excluding hydrogens is 366 g/mol. The number of carbonyl (C=O) groups is 2. The first-order valence-corrected chi connectivity index (χ1v) is 10.2. The van der Waals surface area contributed by atoms with E-state index in [9.17, 15) is 9.59 Å². The van der Waals surface area contributed by atoms with Gasteiger partial charge >= 0.3 is 6.09 Å². The van der Waals surface area contributed by atoms with Crippen LogP contribution in [0.5, 0.6) is 0 Å². The lowest BCUT2D eigenvalue weighted by atomic mass is 10.1. The summed E-state index contributed by atoms with van der Waals surface area (Å²) in [6.45, 7) is 4.92. The molecule has 2 N–H and O–H groups in total. The fourth-order valence-corrected chi connectivity index (χ4v) is 3.48. The monoisotopic (exact) mass is 395 g/mol. The Hall–Kier alpha value is -3.02. The number of alkyl carbamates (subject to hydrolysis) is 1. The Morgan fingerprint density at radius 1 is 1.07 bits per heavy atom. The number of hydrogen-bond donors (Lipinski definition) is 2. The summed E-state index contributed by atoms with van der Waals surface area (Å²) in [5.41, 5.74) is 4.17. The van der Waals surface area contributed by atoms with E-state index in [2.05, 4.69) is 28.5 Å². The minimum Gasteiger partial charge on any atom is -0.445 e. The molecule has 6 nitrogen and oxygen atoms in total. The summed E-state index contributed by atoms with van der Waals surface area (Å²) in [4.78, 5) is 26.2. The van der Waals surface area contributed by atoms with Crippen LogP contribution in [0.25, 0.3) is 0 Å². The van der Waals surface area contributed by atoms with Crippen molar-refractivity contribution in [3.05, 3.63) is 59.7 Å². The molecule has 0 spiro atoms. The van der Waals surface area contributed by atoms with Gasteiger partial charge in [0.2, 0.25) is 5.91 Å². The Bertz CT molecular complexity index is 817. The lowest BCUT2D eigenvalue weighted by Gasteiger charge is -2.20. The Morgan fingerprint density at radius 3 is 2.55 bits per heavy atom. The van der Waals surface area contributed by atoms with Crippen molar-refractivity contribution in [2.24, 2.45) is 0 Å². The van der Waals surface area contributed by atoms with E-state index in [0.717, 1.165) is 24.3 Å². The predicted molar refractivity (Wildman–Crippen MR) is 115 cm³/mol. The van der Waals surface area contributed by atoms with Crippen LogP contribution >= 0.6 is 0 Å². The molecule has 0 aliphatic carbocycles. The molecule has 1 fully saturated rings. The van der Waals surface area contributed by atoms with Gasteiger partial charge in [0.25, 0.3) is 0 Å². The van der Waals surface area contributed by atoms with Gasteiger partial charge in [-0.3, -0.25) is 4.79 Å². The fraction of sp³-hybridized carbons (Fsp3) is 0.391. The predicted octanol–water partition coefficient (Wildman–Crippen LogP) is 4.24. The summed E-state index contributed by atoms with van der Waals surface area (Å²) in [6, 6.07) is 15.6. The van der Waals surface area contributed by atoms with Gasteiger partial charge < -0.3 is 20.3 Å². The molecule has 1 saturated heterocycles. The average molecular weight is 396 g/mol. The molecule has 0 aromatic heterocycles. The zero-order valence-corrected chi connectivity index (χ0v) is 16.9. The molecule has 29 heavy (non-hydrogen) atoms. The Labute approximate surface area is 172 Å². The third kappa shape index (κ3) is 6.52. The highest BCUT2D eigenvalue weighted by Gasteiger charge is 2.14. The van der Waals surface area contributed by atoms with Crippen LogP contribution < -0.4 is 15.5 Å². The number of amides is 2. The number of aryl methyl sites for hydroxylation is 1. The fourth-order valence-electron chi connectivity index (χ4n) is 3.48. The van der Waals surface area contributed by atoms with Gasteiger partial charge in [0.1, 0.15) is 6.61 Å². The summed E-state index contributed by atoms with van der Waals surface area (Å²) in [5, 5.41) is 5.61. The van der Waals surface area contributed by atoms with Crippen LogP contribution in [0.3, 0.4) is 0 Å². The van der Waals surface area contributed by atoms with Gasteiger partial charge in [-0.25, -0.2) is 4.79 Å². The highest BCUT2D eigenvalue weighted by atomic mass is 16.5. The SMILES string of the molecule is Cc1cc(NC(=O)CCCNC(=O)OCc2ccccc2)ccc1N1CCCC1. The molecule has 1 aliphatic rings. The first-order chi connectivity index (χ1) is 14.1. The summed E-state index contributed by atoms with van der Waals surface area (Å²) >= 11 is 0. The lowest BCUT2D eigenvalue weighted by molar-refractivity contribution is -0.116. The van der Waals surface area contributed by atoms with Crippen LogP contribution in [0.4, 0.5) is 16.2 Å². The maximum Gasteiger partial charge on any atom is 0.407 e. The molecule has 2 aromatic carbocycles. The molecule has 1 heterocycles. The molecule has 0 atom stereocenters.